The SMILES string of the molecule is CC(O)c1cn([C@@H]2O[C@H](CO)[C@@H](O)[C@H]2O)c(=O)[nH]c1=O. The van der Waals surface area contributed by atoms with E-state index >= 15 is 0 Å². The van der Waals surface area contributed by atoms with Gasteiger partial charge in [-0.05, 0) is 6.92 Å². The number of nitrogens with zero attached hydrogens (tertiary/aromatic N) is 1. The van der Waals surface area contributed by atoms with Crippen LogP contribution < -0.4 is 11.2 Å². The highest BCUT2D eigenvalue weighted by molar-refractivity contribution is 5.08. The number of hydrogen-bond acceptors (Lipinski definition) is 7. The number of aromatic nitrogens is 2. The lowest BCUT2D eigenvalue weighted by atomic mass is 10.1. The number of hydrogen-bond donors (Lipinski definition) is 5. The molecule has 1 aromatic heterocycles. The van der Waals surface area contributed by atoms with Crippen LogP contribution in [0.5, 0.6) is 0 Å². The van der Waals surface area contributed by atoms with Gasteiger partial charge in [0.25, 0.3) is 5.56 Å². The highest BCUT2D eigenvalue weighted by Gasteiger charge is 2.43. The number of aliphatic hydroxyl groups is 4. The molecule has 5 atom stereocenters. The molecule has 9 heteroatoms. The van der Waals surface area contributed by atoms with Gasteiger partial charge in [0.05, 0.1) is 18.3 Å². The molecule has 112 valence electrons. The predicted molar refractivity (Wildman–Crippen MR) is 65.0 cm³/mol. The summed E-state index contributed by atoms with van der Waals surface area (Å²) in [6.45, 7) is 0.812. The van der Waals surface area contributed by atoms with E-state index in [1.807, 2.05) is 4.98 Å². The molecule has 0 spiro atoms. The van der Waals surface area contributed by atoms with E-state index in [1.54, 1.807) is 0 Å². The van der Waals surface area contributed by atoms with Crippen molar-refractivity contribution in [1.82, 2.24) is 9.55 Å². The van der Waals surface area contributed by atoms with E-state index in [1.165, 1.54) is 6.92 Å². The van der Waals surface area contributed by atoms with E-state index in [-0.39, 0.29) is 5.56 Å². The molecule has 0 amide bonds. The largest absolute Gasteiger partial charge is 0.394 e. The highest BCUT2D eigenvalue weighted by atomic mass is 16.6. The first-order chi connectivity index (χ1) is 9.36. The lowest BCUT2D eigenvalue weighted by Crippen LogP contribution is -2.39. The Kier molecular flexibility index (Phi) is 4.06. The van der Waals surface area contributed by atoms with Gasteiger partial charge in [-0.1, -0.05) is 0 Å². The van der Waals surface area contributed by atoms with Crippen molar-refractivity contribution in [3.05, 3.63) is 32.6 Å². The molecule has 2 rings (SSSR count). The van der Waals surface area contributed by atoms with E-state index in [2.05, 4.69) is 0 Å². The maximum absolute atomic E-state index is 11.7. The molecule has 1 aliphatic rings. The first kappa shape index (κ1) is 14.9. The minimum absolute atomic E-state index is 0.0812. The Balaban J connectivity index is 2.46. The zero-order valence-electron chi connectivity index (χ0n) is 10.6. The maximum Gasteiger partial charge on any atom is 0.330 e. The molecule has 0 saturated carbocycles. The summed E-state index contributed by atoms with van der Waals surface area (Å²) >= 11 is 0. The fraction of sp³-hybridized carbons (Fsp3) is 0.636. The van der Waals surface area contributed by atoms with Gasteiger partial charge in [0.1, 0.15) is 18.3 Å². The monoisotopic (exact) mass is 288 g/mol. The smallest absolute Gasteiger partial charge is 0.330 e. The average Bonchev–Trinajstić information content (AvgIpc) is 2.66. The molecule has 1 aliphatic heterocycles. The number of H-pyrrole nitrogens is 1. The molecule has 1 aromatic rings. The Morgan fingerprint density at radius 1 is 1.40 bits per heavy atom. The van der Waals surface area contributed by atoms with Crippen LogP contribution >= 0.6 is 0 Å². The Hall–Kier alpha value is -1.52. The molecular formula is C11H16N2O7. The topological polar surface area (TPSA) is 145 Å². The van der Waals surface area contributed by atoms with E-state index in [0.717, 1.165) is 10.8 Å². The molecule has 0 radical (unpaired) electrons. The Morgan fingerprint density at radius 2 is 2.05 bits per heavy atom. The van der Waals surface area contributed by atoms with Gasteiger partial charge in [0, 0.05) is 6.20 Å². The molecular weight excluding hydrogens is 272 g/mol. The summed E-state index contributed by atoms with van der Waals surface area (Å²) in [4.78, 5) is 25.2. The summed E-state index contributed by atoms with van der Waals surface area (Å²) in [5.41, 5.74) is -1.68. The number of aliphatic hydroxyl groups excluding tert-OH is 4. The summed E-state index contributed by atoms with van der Waals surface area (Å²) in [5.74, 6) is 0. The Bertz CT molecular complexity index is 593. The van der Waals surface area contributed by atoms with Crippen molar-refractivity contribution in [3.63, 3.8) is 0 Å². The molecule has 5 N–H and O–H groups in total. The van der Waals surface area contributed by atoms with Crippen molar-refractivity contribution >= 4 is 0 Å². The van der Waals surface area contributed by atoms with E-state index in [4.69, 9.17) is 9.84 Å². The van der Waals surface area contributed by atoms with E-state index < -0.39 is 48.5 Å². The molecule has 1 saturated heterocycles. The zero-order chi connectivity index (χ0) is 15.0. The molecule has 0 aromatic carbocycles. The van der Waals surface area contributed by atoms with Crippen LogP contribution in [0.25, 0.3) is 0 Å². The lowest BCUT2D eigenvalue weighted by molar-refractivity contribution is -0.0553. The second-order valence-corrected chi connectivity index (χ2v) is 4.66. The van der Waals surface area contributed by atoms with Crippen LogP contribution in [0.4, 0.5) is 0 Å². The third kappa shape index (κ3) is 2.41. The average molecular weight is 288 g/mol. The summed E-state index contributed by atoms with van der Waals surface area (Å²) < 4.78 is 6.05. The Labute approximate surface area is 112 Å². The first-order valence-electron chi connectivity index (χ1n) is 6.02. The fourth-order valence-electron chi connectivity index (χ4n) is 2.10. The molecule has 20 heavy (non-hydrogen) atoms. The quantitative estimate of drug-likeness (QED) is 0.404. The minimum Gasteiger partial charge on any atom is -0.394 e. The van der Waals surface area contributed by atoms with Gasteiger partial charge in [-0.25, -0.2) is 4.79 Å². The molecule has 0 aliphatic carbocycles. The van der Waals surface area contributed by atoms with E-state index in [0.29, 0.717) is 0 Å². The van der Waals surface area contributed by atoms with Crippen LogP contribution in [-0.2, 0) is 4.74 Å². The van der Waals surface area contributed by atoms with Gasteiger partial charge < -0.3 is 25.2 Å². The molecule has 0 bridgehead atoms. The number of nitrogens with one attached hydrogen (secondary N) is 1. The van der Waals surface area contributed by atoms with Crippen molar-refractivity contribution in [3.8, 4) is 0 Å². The molecule has 2 heterocycles. The van der Waals surface area contributed by atoms with Gasteiger partial charge in [-0.3, -0.25) is 14.3 Å². The normalized spacial score (nSPS) is 31.4. The van der Waals surface area contributed by atoms with Crippen molar-refractivity contribution < 1.29 is 25.2 Å². The highest BCUT2D eigenvalue weighted by Crippen LogP contribution is 2.28. The second kappa shape index (κ2) is 5.46. The second-order valence-electron chi connectivity index (χ2n) is 4.66. The minimum atomic E-state index is -1.45. The standard InChI is InChI=1S/C11H16N2O7/c1-4(15)5-2-13(11(19)12-9(5)18)10-8(17)7(16)6(3-14)20-10/h2,4,6-8,10,14-17H,3H2,1H3,(H,12,18,19)/t4?,6-,7-,8-,10-/m1/s1. The first-order valence-corrected chi connectivity index (χ1v) is 6.02. The molecule has 9 nitrogen and oxygen atoms in total. The summed E-state index contributed by atoms with van der Waals surface area (Å²) in [6.07, 6.45) is -5.17. The van der Waals surface area contributed by atoms with Crippen LogP contribution in [-0.4, -0.2) is 54.9 Å². The van der Waals surface area contributed by atoms with Crippen LogP contribution in [0.15, 0.2) is 15.8 Å². The van der Waals surface area contributed by atoms with Crippen LogP contribution in [0.2, 0.25) is 0 Å². The van der Waals surface area contributed by atoms with E-state index in [9.17, 15) is 24.9 Å². The van der Waals surface area contributed by atoms with Crippen molar-refractivity contribution in [2.75, 3.05) is 6.61 Å². The van der Waals surface area contributed by atoms with Crippen LogP contribution in [0, 0.1) is 0 Å². The number of rotatable bonds is 3. The number of ether oxygens (including phenoxy) is 1. The van der Waals surface area contributed by atoms with Crippen molar-refractivity contribution in [2.45, 2.75) is 37.6 Å². The summed E-state index contributed by atoms with van der Waals surface area (Å²) in [5, 5.41) is 37.9. The van der Waals surface area contributed by atoms with Crippen LogP contribution in [0.1, 0.15) is 24.8 Å². The summed E-state index contributed by atoms with van der Waals surface area (Å²) in [6, 6.07) is 0. The van der Waals surface area contributed by atoms with Crippen LogP contribution in [0.3, 0.4) is 0 Å². The fourth-order valence-corrected chi connectivity index (χ4v) is 2.10. The van der Waals surface area contributed by atoms with Gasteiger partial charge in [-0.15, -0.1) is 0 Å². The van der Waals surface area contributed by atoms with Crippen molar-refractivity contribution in [2.24, 2.45) is 0 Å². The van der Waals surface area contributed by atoms with Crippen molar-refractivity contribution in [1.29, 1.82) is 0 Å². The summed E-state index contributed by atoms with van der Waals surface area (Å²) in [7, 11) is 0. The predicted octanol–water partition coefficient (Wildman–Crippen LogP) is -2.80. The van der Waals surface area contributed by atoms with Gasteiger partial charge in [0.2, 0.25) is 0 Å². The third-order valence-electron chi connectivity index (χ3n) is 3.24. The van der Waals surface area contributed by atoms with Gasteiger partial charge in [0.15, 0.2) is 6.23 Å². The Morgan fingerprint density at radius 3 is 2.55 bits per heavy atom. The maximum atomic E-state index is 11.7. The molecule has 1 unspecified atom stereocenters. The number of aromatic amines is 1. The van der Waals surface area contributed by atoms with Gasteiger partial charge in [-0.2, -0.15) is 0 Å². The zero-order valence-corrected chi connectivity index (χ0v) is 10.6. The third-order valence-corrected chi connectivity index (χ3v) is 3.24. The van der Waals surface area contributed by atoms with Gasteiger partial charge >= 0.3 is 5.69 Å². The molecule has 1 fully saturated rings. The lowest BCUT2D eigenvalue weighted by Gasteiger charge is -2.18.